The first-order valence-corrected chi connectivity index (χ1v) is 4.16. The minimum absolute atomic E-state index is 0.0815. The fourth-order valence-electron chi connectivity index (χ4n) is 0.819. The summed E-state index contributed by atoms with van der Waals surface area (Å²) in [6, 6.07) is 0. The fraction of sp³-hybridized carbons (Fsp3) is 0.625. The second-order valence-corrected chi connectivity index (χ2v) is 3.07. The SMILES string of the molecule is CNCC(=O)c1nc(C(C)C)no1. The number of carbonyl (C=O) groups is 1. The molecule has 0 aliphatic rings. The molecule has 0 spiro atoms. The average Bonchev–Trinajstić information content (AvgIpc) is 2.52. The van der Waals surface area contributed by atoms with Crippen LogP contribution < -0.4 is 5.32 Å². The molecule has 0 aromatic carbocycles. The molecule has 1 aromatic heterocycles. The van der Waals surface area contributed by atoms with Crippen molar-refractivity contribution in [1.29, 1.82) is 0 Å². The van der Waals surface area contributed by atoms with E-state index in [1.54, 1.807) is 7.05 Å². The van der Waals surface area contributed by atoms with Crippen LogP contribution in [0.3, 0.4) is 0 Å². The Kier molecular flexibility index (Phi) is 3.13. The van der Waals surface area contributed by atoms with Crippen LogP contribution >= 0.6 is 0 Å². The van der Waals surface area contributed by atoms with Crippen LogP contribution in [-0.2, 0) is 0 Å². The fourth-order valence-corrected chi connectivity index (χ4v) is 0.819. The maximum absolute atomic E-state index is 11.2. The van der Waals surface area contributed by atoms with Crippen molar-refractivity contribution in [1.82, 2.24) is 15.5 Å². The Morgan fingerprint density at radius 2 is 2.31 bits per heavy atom. The topological polar surface area (TPSA) is 68.0 Å². The maximum atomic E-state index is 11.2. The molecule has 1 aromatic rings. The molecule has 0 saturated carbocycles. The standard InChI is InChI=1S/C8H13N3O2/c1-5(2)7-10-8(13-11-7)6(12)4-9-3/h5,9H,4H2,1-3H3. The lowest BCUT2D eigenvalue weighted by molar-refractivity contribution is 0.0951. The highest BCUT2D eigenvalue weighted by Gasteiger charge is 2.15. The second-order valence-electron chi connectivity index (χ2n) is 3.07. The van der Waals surface area contributed by atoms with E-state index in [1.165, 1.54) is 0 Å². The zero-order chi connectivity index (χ0) is 9.84. The van der Waals surface area contributed by atoms with Gasteiger partial charge in [-0.2, -0.15) is 4.98 Å². The van der Waals surface area contributed by atoms with Crippen molar-refractivity contribution in [3.63, 3.8) is 0 Å². The molecule has 1 N–H and O–H groups in total. The van der Waals surface area contributed by atoms with Gasteiger partial charge in [-0.25, -0.2) is 0 Å². The second kappa shape index (κ2) is 4.13. The van der Waals surface area contributed by atoms with Crippen LogP contribution in [0.25, 0.3) is 0 Å². The van der Waals surface area contributed by atoms with Crippen LogP contribution in [0.2, 0.25) is 0 Å². The summed E-state index contributed by atoms with van der Waals surface area (Å²) in [5.74, 6) is 0.652. The van der Waals surface area contributed by atoms with E-state index in [0.29, 0.717) is 5.82 Å². The van der Waals surface area contributed by atoms with Gasteiger partial charge in [-0.1, -0.05) is 19.0 Å². The highest BCUT2D eigenvalue weighted by molar-refractivity contribution is 5.93. The molecular weight excluding hydrogens is 170 g/mol. The number of nitrogens with one attached hydrogen (secondary N) is 1. The quantitative estimate of drug-likeness (QED) is 0.692. The third-order valence-corrected chi connectivity index (χ3v) is 1.53. The Morgan fingerprint density at radius 3 is 2.77 bits per heavy atom. The van der Waals surface area contributed by atoms with E-state index in [9.17, 15) is 4.79 Å². The summed E-state index contributed by atoms with van der Waals surface area (Å²) >= 11 is 0. The van der Waals surface area contributed by atoms with Crippen LogP contribution in [0.4, 0.5) is 0 Å². The number of carbonyl (C=O) groups excluding carboxylic acids is 1. The number of nitrogens with zero attached hydrogens (tertiary/aromatic N) is 2. The normalized spacial score (nSPS) is 10.8. The predicted molar refractivity (Wildman–Crippen MR) is 46.6 cm³/mol. The molecular formula is C8H13N3O2. The minimum Gasteiger partial charge on any atom is -0.331 e. The van der Waals surface area contributed by atoms with E-state index >= 15 is 0 Å². The summed E-state index contributed by atoms with van der Waals surface area (Å²) in [5, 5.41) is 6.41. The molecule has 5 nitrogen and oxygen atoms in total. The lowest BCUT2D eigenvalue weighted by Crippen LogP contribution is -2.18. The van der Waals surface area contributed by atoms with Crippen LogP contribution in [0.5, 0.6) is 0 Å². The molecule has 0 atom stereocenters. The van der Waals surface area contributed by atoms with E-state index in [0.717, 1.165) is 0 Å². The van der Waals surface area contributed by atoms with Gasteiger partial charge in [-0.15, -0.1) is 0 Å². The van der Waals surface area contributed by atoms with Crippen molar-refractivity contribution < 1.29 is 9.32 Å². The van der Waals surface area contributed by atoms with Gasteiger partial charge in [-0.05, 0) is 7.05 Å². The monoisotopic (exact) mass is 183 g/mol. The first-order valence-electron chi connectivity index (χ1n) is 4.16. The largest absolute Gasteiger partial charge is 0.331 e. The average molecular weight is 183 g/mol. The first-order chi connectivity index (χ1) is 6.15. The molecule has 1 heterocycles. The van der Waals surface area contributed by atoms with Crippen LogP contribution in [0.1, 0.15) is 36.3 Å². The zero-order valence-electron chi connectivity index (χ0n) is 8.00. The van der Waals surface area contributed by atoms with Crippen LogP contribution in [-0.4, -0.2) is 29.5 Å². The van der Waals surface area contributed by atoms with Crippen molar-refractivity contribution >= 4 is 5.78 Å². The lowest BCUT2D eigenvalue weighted by atomic mass is 10.2. The Bertz CT molecular complexity index is 293. The number of hydrogen-bond acceptors (Lipinski definition) is 5. The molecule has 0 radical (unpaired) electrons. The molecule has 13 heavy (non-hydrogen) atoms. The summed E-state index contributed by atoms with van der Waals surface area (Å²) in [4.78, 5) is 15.2. The molecule has 0 saturated heterocycles. The van der Waals surface area contributed by atoms with Gasteiger partial charge in [0.15, 0.2) is 5.82 Å². The Morgan fingerprint density at radius 1 is 1.62 bits per heavy atom. The highest BCUT2D eigenvalue weighted by Crippen LogP contribution is 2.09. The van der Waals surface area contributed by atoms with Gasteiger partial charge in [0.1, 0.15) is 0 Å². The van der Waals surface area contributed by atoms with Gasteiger partial charge in [-0.3, -0.25) is 4.79 Å². The molecule has 1 rings (SSSR count). The van der Waals surface area contributed by atoms with E-state index in [4.69, 9.17) is 4.52 Å². The summed E-state index contributed by atoms with van der Waals surface area (Å²) in [6.07, 6.45) is 0. The van der Waals surface area contributed by atoms with Gasteiger partial charge < -0.3 is 9.84 Å². The van der Waals surface area contributed by atoms with Crippen LogP contribution in [0, 0.1) is 0 Å². The highest BCUT2D eigenvalue weighted by atomic mass is 16.5. The number of Topliss-reactive ketones (excluding diaryl/α,β-unsaturated/α-hetero) is 1. The molecule has 72 valence electrons. The van der Waals surface area contributed by atoms with Crippen molar-refractivity contribution in [3.05, 3.63) is 11.7 Å². The maximum Gasteiger partial charge on any atom is 0.295 e. The molecule has 0 aliphatic heterocycles. The van der Waals surface area contributed by atoms with Gasteiger partial charge in [0.05, 0.1) is 6.54 Å². The summed E-state index contributed by atoms with van der Waals surface area (Å²) in [5.41, 5.74) is 0. The van der Waals surface area contributed by atoms with Gasteiger partial charge in [0.25, 0.3) is 5.89 Å². The Labute approximate surface area is 76.5 Å². The summed E-state index contributed by atoms with van der Waals surface area (Å²) in [6.45, 7) is 4.11. The molecule has 0 amide bonds. The molecule has 0 bridgehead atoms. The molecule has 0 fully saturated rings. The van der Waals surface area contributed by atoms with Gasteiger partial charge in [0, 0.05) is 5.92 Å². The van der Waals surface area contributed by atoms with Crippen molar-refractivity contribution in [2.75, 3.05) is 13.6 Å². The number of likely N-dealkylation sites (N-methyl/N-ethyl adjacent to an activating group) is 1. The lowest BCUT2D eigenvalue weighted by Gasteiger charge is -1.92. The molecule has 0 aliphatic carbocycles. The van der Waals surface area contributed by atoms with E-state index < -0.39 is 0 Å². The number of hydrogen-bond donors (Lipinski definition) is 1. The summed E-state index contributed by atoms with van der Waals surface area (Å²) in [7, 11) is 1.69. The molecule has 0 unspecified atom stereocenters. The number of ketones is 1. The Hall–Kier alpha value is -1.23. The smallest absolute Gasteiger partial charge is 0.295 e. The first kappa shape index (κ1) is 9.85. The minimum atomic E-state index is -0.179. The van der Waals surface area contributed by atoms with Gasteiger partial charge >= 0.3 is 0 Å². The van der Waals surface area contributed by atoms with Gasteiger partial charge in [0.2, 0.25) is 5.78 Å². The van der Waals surface area contributed by atoms with Crippen LogP contribution in [0.15, 0.2) is 4.52 Å². The van der Waals surface area contributed by atoms with Crippen molar-refractivity contribution in [3.8, 4) is 0 Å². The van der Waals surface area contributed by atoms with E-state index in [-0.39, 0.29) is 24.1 Å². The Balaban J connectivity index is 2.73. The van der Waals surface area contributed by atoms with E-state index in [1.807, 2.05) is 13.8 Å². The zero-order valence-corrected chi connectivity index (χ0v) is 8.00. The third-order valence-electron chi connectivity index (χ3n) is 1.53. The van der Waals surface area contributed by atoms with Crippen molar-refractivity contribution in [2.24, 2.45) is 0 Å². The molecule has 5 heteroatoms. The van der Waals surface area contributed by atoms with E-state index in [2.05, 4.69) is 15.5 Å². The van der Waals surface area contributed by atoms with Crippen molar-refractivity contribution in [2.45, 2.75) is 19.8 Å². The summed E-state index contributed by atoms with van der Waals surface area (Å²) < 4.78 is 4.79. The number of aromatic nitrogens is 2. The number of rotatable bonds is 4. The third kappa shape index (κ3) is 2.35. The predicted octanol–water partition coefficient (Wildman–Crippen LogP) is 0.595.